The molecular formula is C17H19N5. The van der Waals surface area contributed by atoms with Crippen LogP contribution in [0, 0.1) is 6.92 Å². The van der Waals surface area contributed by atoms with Crippen LogP contribution in [0.1, 0.15) is 28.7 Å². The molecule has 112 valence electrons. The summed E-state index contributed by atoms with van der Waals surface area (Å²) in [5.41, 5.74) is 3.74. The Bertz CT molecular complexity index is 758. The average Bonchev–Trinajstić information content (AvgIpc) is 3.16. The molecule has 2 aromatic heterocycles. The molecule has 0 radical (unpaired) electrons. The van der Waals surface area contributed by atoms with Crippen molar-refractivity contribution in [1.29, 1.82) is 0 Å². The van der Waals surface area contributed by atoms with Crippen LogP contribution in [0.4, 0.5) is 0 Å². The number of hydrogen-bond donors (Lipinski definition) is 1. The maximum absolute atomic E-state index is 4.48. The van der Waals surface area contributed by atoms with Crippen molar-refractivity contribution in [2.45, 2.75) is 32.6 Å². The molecule has 1 aromatic carbocycles. The summed E-state index contributed by atoms with van der Waals surface area (Å²) in [7, 11) is 0. The van der Waals surface area contributed by atoms with Gasteiger partial charge in [0.1, 0.15) is 5.82 Å². The van der Waals surface area contributed by atoms with E-state index in [4.69, 9.17) is 0 Å². The highest BCUT2D eigenvalue weighted by Gasteiger charge is 2.28. The number of fused-ring (bicyclic) bond motifs is 1. The lowest BCUT2D eigenvalue weighted by Gasteiger charge is -2.36. The molecule has 1 unspecified atom stereocenters. The first-order chi connectivity index (χ1) is 10.8. The molecule has 4 rings (SSSR count). The third-order valence-electron chi connectivity index (χ3n) is 4.45. The van der Waals surface area contributed by atoms with Crippen LogP contribution in [0.5, 0.6) is 0 Å². The van der Waals surface area contributed by atoms with Crippen molar-refractivity contribution >= 4 is 0 Å². The molecule has 0 aliphatic carbocycles. The lowest BCUT2D eigenvalue weighted by atomic mass is 10.0. The largest absolute Gasteiger partial charge is 0.332 e. The minimum absolute atomic E-state index is 0.359. The van der Waals surface area contributed by atoms with Crippen LogP contribution in [0.15, 0.2) is 48.9 Å². The molecule has 0 saturated carbocycles. The van der Waals surface area contributed by atoms with E-state index >= 15 is 0 Å². The van der Waals surface area contributed by atoms with Crippen LogP contribution < -0.4 is 0 Å². The second-order valence-electron chi connectivity index (χ2n) is 5.85. The Morgan fingerprint density at radius 3 is 2.91 bits per heavy atom. The molecule has 1 aliphatic rings. The van der Waals surface area contributed by atoms with Crippen molar-refractivity contribution in [2.75, 3.05) is 0 Å². The normalized spacial score (nSPS) is 18.3. The minimum Gasteiger partial charge on any atom is -0.332 e. The second-order valence-corrected chi connectivity index (χ2v) is 5.85. The van der Waals surface area contributed by atoms with Gasteiger partial charge >= 0.3 is 0 Å². The van der Waals surface area contributed by atoms with E-state index in [1.165, 1.54) is 11.1 Å². The number of imidazole rings is 1. The third kappa shape index (κ3) is 2.33. The highest BCUT2D eigenvalue weighted by molar-refractivity contribution is 5.22. The maximum atomic E-state index is 4.48. The Balaban J connectivity index is 1.68. The van der Waals surface area contributed by atoms with E-state index in [2.05, 4.69) is 68.1 Å². The first-order valence-corrected chi connectivity index (χ1v) is 7.59. The van der Waals surface area contributed by atoms with Crippen LogP contribution in [0.25, 0.3) is 0 Å². The minimum atomic E-state index is 0.359. The number of nitrogens with one attached hydrogen (secondary N) is 1. The molecule has 0 fully saturated rings. The quantitative estimate of drug-likeness (QED) is 0.807. The van der Waals surface area contributed by atoms with E-state index in [1.54, 1.807) is 0 Å². The van der Waals surface area contributed by atoms with Gasteiger partial charge in [-0.2, -0.15) is 5.10 Å². The zero-order valence-electron chi connectivity index (χ0n) is 12.6. The zero-order valence-corrected chi connectivity index (χ0v) is 12.6. The lowest BCUT2D eigenvalue weighted by molar-refractivity contribution is 0.128. The molecular weight excluding hydrogens is 274 g/mol. The number of rotatable bonds is 3. The van der Waals surface area contributed by atoms with Crippen LogP contribution in [0.2, 0.25) is 0 Å². The Kier molecular flexibility index (Phi) is 3.27. The maximum Gasteiger partial charge on any atom is 0.122 e. The number of aromatic nitrogens is 4. The number of aromatic amines is 1. The fourth-order valence-corrected chi connectivity index (χ4v) is 3.16. The summed E-state index contributed by atoms with van der Waals surface area (Å²) in [5, 5.41) is 7.18. The van der Waals surface area contributed by atoms with Crippen LogP contribution in [-0.2, 0) is 19.6 Å². The highest BCUT2D eigenvalue weighted by atomic mass is 15.3. The summed E-state index contributed by atoms with van der Waals surface area (Å²) < 4.78 is 2.26. The monoisotopic (exact) mass is 293 g/mol. The smallest absolute Gasteiger partial charge is 0.122 e. The number of H-pyrrole nitrogens is 1. The standard InChI is InChI=1S/C17H19N5/c1-13-15(9-19-20-13)10-22-12-17-18-7-8-21(17)11-16(22)14-5-3-2-4-6-14/h2-9,16H,10-12H2,1H3,(H,19,20). The van der Waals surface area contributed by atoms with Gasteiger partial charge < -0.3 is 4.57 Å². The number of nitrogens with zero attached hydrogens (tertiary/aromatic N) is 4. The van der Waals surface area contributed by atoms with Crippen LogP contribution in [0.3, 0.4) is 0 Å². The molecule has 1 aliphatic heterocycles. The number of benzene rings is 1. The summed E-state index contributed by atoms with van der Waals surface area (Å²) in [6.45, 7) is 4.76. The van der Waals surface area contributed by atoms with E-state index in [-0.39, 0.29) is 0 Å². The van der Waals surface area contributed by atoms with Gasteiger partial charge in [-0.25, -0.2) is 4.98 Å². The van der Waals surface area contributed by atoms with Crippen molar-refractivity contribution in [2.24, 2.45) is 0 Å². The van der Waals surface area contributed by atoms with E-state index in [0.717, 1.165) is 31.2 Å². The Hall–Kier alpha value is -2.40. The molecule has 22 heavy (non-hydrogen) atoms. The van der Waals surface area contributed by atoms with Gasteiger partial charge in [0.2, 0.25) is 0 Å². The molecule has 5 heteroatoms. The van der Waals surface area contributed by atoms with Gasteiger partial charge in [0.15, 0.2) is 0 Å². The second kappa shape index (κ2) is 5.42. The van der Waals surface area contributed by atoms with Crippen molar-refractivity contribution < 1.29 is 0 Å². The summed E-state index contributed by atoms with van der Waals surface area (Å²) in [6.07, 6.45) is 5.90. The Morgan fingerprint density at radius 2 is 2.14 bits per heavy atom. The van der Waals surface area contributed by atoms with Crippen LogP contribution >= 0.6 is 0 Å². The summed E-state index contributed by atoms with van der Waals surface area (Å²) in [4.78, 5) is 6.97. The Labute approximate surface area is 129 Å². The van der Waals surface area contributed by atoms with E-state index in [0.29, 0.717) is 6.04 Å². The molecule has 0 amide bonds. The van der Waals surface area contributed by atoms with Crippen molar-refractivity contribution in [3.05, 3.63) is 71.6 Å². The van der Waals surface area contributed by atoms with Gasteiger partial charge in [-0.15, -0.1) is 0 Å². The number of hydrogen-bond acceptors (Lipinski definition) is 3. The van der Waals surface area contributed by atoms with E-state index in [1.807, 2.05) is 12.4 Å². The van der Waals surface area contributed by atoms with Crippen LogP contribution in [-0.4, -0.2) is 24.6 Å². The molecule has 0 spiro atoms. The first-order valence-electron chi connectivity index (χ1n) is 7.59. The summed E-state index contributed by atoms with van der Waals surface area (Å²) in [5.74, 6) is 1.13. The van der Waals surface area contributed by atoms with Gasteiger partial charge in [-0.05, 0) is 12.5 Å². The average molecular weight is 293 g/mol. The van der Waals surface area contributed by atoms with Gasteiger partial charge in [0, 0.05) is 36.7 Å². The molecule has 3 heterocycles. The zero-order chi connectivity index (χ0) is 14.9. The van der Waals surface area contributed by atoms with Gasteiger partial charge in [0.25, 0.3) is 0 Å². The SMILES string of the molecule is Cc1[nH]ncc1CN1Cc2nccn2CC1c1ccccc1. The van der Waals surface area contributed by atoms with E-state index in [9.17, 15) is 0 Å². The molecule has 1 N–H and O–H groups in total. The topological polar surface area (TPSA) is 49.7 Å². The van der Waals surface area contributed by atoms with Crippen molar-refractivity contribution in [1.82, 2.24) is 24.6 Å². The summed E-state index contributed by atoms with van der Waals surface area (Å²) >= 11 is 0. The molecule has 3 aromatic rings. The van der Waals surface area contributed by atoms with Gasteiger partial charge in [-0.1, -0.05) is 30.3 Å². The predicted molar refractivity (Wildman–Crippen MR) is 84.0 cm³/mol. The van der Waals surface area contributed by atoms with Gasteiger partial charge in [-0.3, -0.25) is 10.00 Å². The van der Waals surface area contributed by atoms with E-state index < -0.39 is 0 Å². The first kappa shape index (κ1) is 13.3. The van der Waals surface area contributed by atoms with Crippen molar-refractivity contribution in [3.8, 4) is 0 Å². The molecule has 1 atom stereocenters. The fourth-order valence-electron chi connectivity index (χ4n) is 3.16. The summed E-state index contributed by atoms with van der Waals surface area (Å²) in [6, 6.07) is 11.1. The van der Waals surface area contributed by atoms with Crippen molar-refractivity contribution in [3.63, 3.8) is 0 Å². The van der Waals surface area contributed by atoms with Gasteiger partial charge in [0.05, 0.1) is 18.8 Å². The molecule has 0 saturated heterocycles. The highest BCUT2D eigenvalue weighted by Crippen LogP contribution is 2.30. The number of aryl methyl sites for hydroxylation is 1. The predicted octanol–water partition coefficient (Wildman–Crippen LogP) is 2.67. The third-order valence-corrected chi connectivity index (χ3v) is 4.45. The lowest BCUT2D eigenvalue weighted by Crippen LogP contribution is -2.36. The fraction of sp³-hybridized carbons (Fsp3) is 0.294. The molecule has 5 nitrogen and oxygen atoms in total. The Morgan fingerprint density at radius 1 is 1.27 bits per heavy atom. The molecule has 0 bridgehead atoms.